The highest BCUT2D eigenvalue weighted by Crippen LogP contribution is 2.09. The Hall–Kier alpha value is -3.47. The number of halogens is 1. The molecule has 33 heavy (non-hydrogen) atoms. The maximum atomic E-state index is 12.4. The molecule has 0 aliphatic rings. The maximum absolute atomic E-state index is 12.4. The fraction of sp³-hybridized carbons (Fsp3) is 0.167. The molecule has 9 heteroatoms. The Labute approximate surface area is 209 Å². The molecule has 0 aliphatic carbocycles. The third-order valence-corrected chi connectivity index (χ3v) is 4.86. The van der Waals surface area contributed by atoms with Crippen molar-refractivity contribution < 1.29 is 9.53 Å². The normalized spacial score (nSPS) is 11.0. The van der Waals surface area contributed by atoms with E-state index in [0.717, 1.165) is 22.6 Å². The van der Waals surface area contributed by atoms with Gasteiger partial charge in [-0.25, -0.2) is 4.79 Å². The van der Waals surface area contributed by atoms with Gasteiger partial charge in [0.15, 0.2) is 17.4 Å². The molecule has 0 bridgehead atoms. The highest BCUT2D eigenvalue weighted by molar-refractivity contribution is 14.0. The summed E-state index contributed by atoms with van der Waals surface area (Å²) in [6, 6.07) is 22.7. The minimum Gasteiger partial charge on any atom is -0.457 e. The molecular weight excluding hydrogens is 531 g/mol. The Bertz CT molecular complexity index is 1230. The molecule has 2 heterocycles. The molecule has 2 aromatic carbocycles. The lowest BCUT2D eigenvalue weighted by Gasteiger charge is -2.12. The van der Waals surface area contributed by atoms with E-state index in [1.807, 2.05) is 77.3 Å². The van der Waals surface area contributed by atoms with E-state index in [0.29, 0.717) is 24.6 Å². The lowest BCUT2D eigenvalue weighted by atomic mass is 10.1. The van der Waals surface area contributed by atoms with E-state index in [-0.39, 0.29) is 36.6 Å². The zero-order valence-electron chi connectivity index (χ0n) is 18.1. The Morgan fingerprint density at radius 3 is 2.52 bits per heavy atom. The highest BCUT2D eigenvalue weighted by atomic mass is 127. The monoisotopic (exact) mass is 556 g/mol. The molecule has 0 saturated heterocycles. The average molecular weight is 556 g/mol. The molecule has 0 unspecified atom stereocenters. The van der Waals surface area contributed by atoms with Crippen molar-refractivity contribution in [2.45, 2.75) is 19.7 Å². The fourth-order valence-electron chi connectivity index (χ4n) is 3.20. The number of carbonyl (C=O) groups is 1. The third kappa shape index (κ3) is 6.51. The van der Waals surface area contributed by atoms with Crippen molar-refractivity contribution in [1.82, 2.24) is 25.2 Å². The topological polar surface area (TPSA) is 92.9 Å². The van der Waals surface area contributed by atoms with Gasteiger partial charge in [-0.05, 0) is 35.4 Å². The van der Waals surface area contributed by atoms with Gasteiger partial charge in [-0.15, -0.1) is 34.2 Å². The number of aromatic nitrogens is 3. The number of fused-ring (bicyclic) bond motifs is 1. The van der Waals surface area contributed by atoms with E-state index in [9.17, 15) is 4.79 Å². The van der Waals surface area contributed by atoms with E-state index < -0.39 is 0 Å². The summed E-state index contributed by atoms with van der Waals surface area (Å²) in [4.78, 5) is 16.7. The number of esters is 1. The van der Waals surface area contributed by atoms with Crippen molar-refractivity contribution >= 4 is 41.6 Å². The first-order chi connectivity index (χ1) is 15.7. The molecule has 0 amide bonds. The van der Waals surface area contributed by atoms with Crippen LogP contribution in [0.4, 0.5) is 0 Å². The third-order valence-electron chi connectivity index (χ3n) is 4.86. The fourth-order valence-corrected chi connectivity index (χ4v) is 3.20. The summed E-state index contributed by atoms with van der Waals surface area (Å²) in [5, 5.41) is 14.8. The molecule has 0 aliphatic heterocycles. The van der Waals surface area contributed by atoms with Gasteiger partial charge in [0.1, 0.15) is 6.61 Å². The number of guanidine groups is 1. The van der Waals surface area contributed by atoms with Crippen LogP contribution in [0.3, 0.4) is 0 Å². The van der Waals surface area contributed by atoms with Crippen LogP contribution in [0.5, 0.6) is 0 Å². The van der Waals surface area contributed by atoms with Gasteiger partial charge in [0.05, 0.1) is 12.1 Å². The second-order valence-corrected chi connectivity index (χ2v) is 7.09. The Kier molecular flexibility index (Phi) is 8.76. The van der Waals surface area contributed by atoms with Gasteiger partial charge >= 0.3 is 5.97 Å². The maximum Gasteiger partial charge on any atom is 0.338 e. The van der Waals surface area contributed by atoms with Gasteiger partial charge in [0.25, 0.3) is 0 Å². The zero-order valence-corrected chi connectivity index (χ0v) is 20.5. The van der Waals surface area contributed by atoms with Gasteiger partial charge in [-0.2, -0.15) is 0 Å². The van der Waals surface area contributed by atoms with Crippen molar-refractivity contribution in [1.29, 1.82) is 0 Å². The van der Waals surface area contributed by atoms with Crippen LogP contribution in [-0.4, -0.2) is 33.6 Å². The molecule has 4 rings (SSSR count). The molecule has 0 spiro atoms. The summed E-state index contributed by atoms with van der Waals surface area (Å²) in [6.45, 7) is 1.22. The van der Waals surface area contributed by atoms with Crippen molar-refractivity contribution in [2.75, 3.05) is 7.05 Å². The number of hydrogen-bond donors (Lipinski definition) is 2. The summed E-state index contributed by atoms with van der Waals surface area (Å²) < 4.78 is 7.34. The number of pyridine rings is 1. The van der Waals surface area contributed by atoms with Crippen molar-refractivity contribution in [3.8, 4) is 0 Å². The van der Waals surface area contributed by atoms with Crippen LogP contribution < -0.4 is 10.6 Å². The molecule has 4 aromatic rings. The lowest BCUT2D eigenvalue weighted by Crippen LogP contribution is -2.36. The SMILES string of the molecule is CN=C(NCc1cccc(C(=O)OCc2ccccc2)c1)NCc1nnc2ccccn12.I. The first-order valence-corrected chi connectivity index (χ1v) is 10.3. The van der Waals surface area contributed by atoms with Gasteiger partial charge in [0, 0.05) is 19.8 Å². The Morgan fingerprint density at radius 1 is 0.939 bits per heavy atom. The summed E-state index contributed by atoms with van der Waals surface area (Å²) in [5.41, 5.74) is 3.20. The molecule has 0 radical (unpaired) electrons. The quantitative estimate of drug-likeness (QED) is 0.157. The molecular formula is C24H25IN6O2. The Balaban J connectivity index is 0.00000306. The number of aliphatic imine (C=N–C) groups is 1. The van der Waals surface area contributed by atoms with Gasteiger partial charge in [0.2, 0.25) is 0 Å². The van der Waals surface area contributed by atoms with Crippen LogP contribution >= 0.6 is 24.0 Å². The van der Waals surface area contributed by atoms with Crippen LogP contribution in [0.1, 0.15) is 27.3 Å². The lowest BCUT2D eigenvalue weighted by molar-refractivity contribution is 0.0472. The van der Waals surface area contributed by atoms with Gasteiger partial charge in [-0.3, -0.25) is 9.39 Å². The largest absolute Gasteiger partial charge is 0.457 e. The van der Waals surface area contributed by atoms with E-state index in [4.69, 9.17) is 4.74 Å². The molecule has 0 atom stereocenters. The second-order valence-electron chi connectivity index (χ2n) is 7.09. The number of rotatable bonds is 7. The number of carbonyl (C=O) groups excluding carboxylic acids is 1. The van der Waals surface area contributed by atoms with Gasteiger partial charge < -0.3 is 15.4 Å². The van der Waals surface area contributed by atoms with Crippen LogP contribution in [-0.2, 0) is 24.4 Å². The standard InChI is InChI=1S/C24H24N6O2.HI/c1-25-24(27-16-22-29-28-21-12-5-6-13-30(21)22)26-15-19-10-7-11-20(14-19)23(31)32-17-18-8-3-2-4-9-18;/h2-14H,15-17H2,1H3,(H2,25,26,27);1H. The predicted molar refractivity (Wildman–Crippen MR) is 137 cm³/mol. The van der Waals surface area contributed by atoms with Crippen LogP contribution in [0.15, 0.2) is 84.0 Å². The molecule has 0 saturated carbocycles. The second kappa shape index (κ2) is 12.0. The number of nitrogens with one attached hydrogen (secondary N) is 2. The van der Waals surface area contributed by atoms with Crippen LogP contribution in [0, 0.1) is 0 Å². The number of benzene rings is 2. The van der Waals surface area contributed by atoms with E-state index in [1.54, 1.807) is 13.1 Å². The minimum absolute atomic E-state index is 0. The number of ether oxygens (including phenoxy) is 1. The van der Waals surface area contributed by atoms with Crippen molar-refractivity contribution in [3.63, 3.8) is 0 Å². The summed E-state index contributed by atoms with van der Waals surface area (Å²) >= 11 is 0. The molecule has 8 nitrogen and oxygen atoms in total. The number of hydrogen-bond acceptors (Lipinski definition) is 5. The molecule has 2 N–H and O–H groups in total. The van der Waals surface area contributed by atoms with Crippen LogP contribution in [0.25, 0.3) is 5.65 Å². The Morgan fingerprint density at radius 2 is 1.70 bits per heavy atom. The molecule has 0 fully saturated rings. The summed E-state index contributed by atoms with van der Waals surface area (Å²) in [5.74, 6) is 1.05. The molecule has 170 valence electrons. The van der Waals surface area contributed by atoms with Gasteiger partial charge in [-0.1, -0.05) is 48.5 Å². The van der Waals surface area contributed by atoms with Crippen LogP contribution in [0.2, 0.25) is 0 Å². The van der Waals surface area contributed by atoms with Crippen molar-refractivity contribution in [2.24, 2.45) is 4.99 Å². The first kappa shape index (κ1) is 24.2. The van der Waals surface area contributed by atoms with E-state index in [1.165, 1.54) is 0 Å². The summed E-state index contributed by atoms with van der Waals surface area (Å²) in [6.07, 6.45) is 1.92. The summed E-state index contributed by atoms with van der Waals surface area (Å²) in [7, 11) is 1.70. The average Bonchev–Trinajstić information content (AvgIpc) is 3.26. The number of nitrogens with zero attached hydrogens (tertiary/aromatic N) is 4. The highest BCUT2D eigenvalue weighted by Gasteiger charge is 2.09. The first-order valence-electron chi connectivity index (χ1n) is 10.3. The van der Waals surface area contributed by atoms with E-state index in [2.05, 4.69) is 25.8 Å². The van der Waals surface area contributed by atoms with Crippen molar-refractivity contribution in [3.05, 3.63) is 102 Å². The smallest absolute Gasteiger partial charge is 0.338 e. The van der Waals surface area contributed by atoms with E-state index >= 15 is 0 Å². The predicted octanol–water partition coefficient (Wildman–Crippen LogP) is 3.57. The zero-order chi connectivity index (χ0) is 22.2. The molecule has 2 aromatic heterocycles. The minimum atomic E-state index is -0.350.